The average Bonchev–Trinajstić information content (AvgIpc) is 3.17. The first-order chi connectivity index (χ1) is 12.4. The van der Waals surface area contributed by atoms with Crippen LogP contribution in [0.4, 0.5) is 0 Å². The van der Waals surface area contributed by atoms with Gasteiger partial charge in [0.05, 0.1) is 29.6 Å². The van der Waals surface area contributed by atoms with E-state index in [1.165, 1.54) is 6.33 Å². The van der Waals surface area contributed by atoms with Crippen LogP contribution in [0.25, 0.3) is 0 Å². The number of H-pyrrole nitrogens is 1. The van der Waals surface area contributed by atoms with Gasteiger partial charge in [-0.1, -0.05) is 6.07 Å². The van der Waals surface area contributed by atoms with Gasteiger partial charge in [-0.05, 0) is 19.1 Å². The molecule has 2 aromatic rings. The number of pyridine rings is 1. The number of fused-ring (bicyclic) bond motifs is 1. The number of aromatic nitrogens is 3. The summed E-state index contributed by atoms with van der Waals surface area (Å²) < 4.78 is 24.6. The summed E-state index contributed by atoms with van der Waals surface area (Å²) in [6.45, 7) is 3.47. The number of aryl methyl sites for hydroxylation is 1. The fourth-order valence-electron chi connectivity index (χ4n) is 3.88. The molecule has 2 aliphatic heterocycles. The molecule has 8 nitrogen and oxygen atoms in total. The molecule has 2 aliphatic rings. The zero-order valence-electron chi connectivity index (χ0n) is 14.5. The molecule has 4 heterocycles. The minimum absolute atomic E-state index is 0.00555. The van der Waals surface area contributed by atoms with Crippen LogP contribution in [0.1, 0.15) is 21.9 Å². The van der Waals surface area contributed by atoms with Crippen molar-refractivity contribution < 1.29 is 13.2 Å². The van der Waals surface area contributed by atoms with Gasteiger partial charge < -0.3 is 9.88 Å². The smallest absolute Gasteiger partial charge is 0.274 e. The Labute approximate surface area is 152 Å². The summed E-state index contributed by atoms with van der Waals surface area (Å²) in [5, 5.41) is 0. The molecule has 2 unspecified atom stereocenters. The van der Waals surface area contributed by atoms with E-state index in [-0.39, 0.29) is 29.5 Å². The van der Waals surface area contributed by atoms with Crippen LogP contribution in [0.5, 0.6) is 0 Å². The van der Waals surface area contributed by atoms with Crippen molar-refractivity contribution in [3.05, 3.63) is 47.8 Å². The number of carbonyl (C=O) groups is 1. The first-order valence-corrected chi connectivity index (χ1v) is 10.4. The number of rotatable bonds is 3. The van der Waals surface area contributed by atoms with Crippen molar-refractivity contribution in [3.8, 4) is 0 Å². The van der Waals surface area contributed by atoms with E-state index in [0.29, 0.717) is 31.0 Å². The lowest BCUT2D eigenvalue weighted by Gasteiger charge is -2.43. The standard InChI is InChI=1S/C17H21N5O3S/c1-12-16(20-11-19-12)17(23)22-7-6-21(8-13-4-2-3-5-18-13)14-9-26(24,25)10-15(14)22/h2-5,11,14-15H,6-10H2,1H3,(H,19,20). The lowest BCUT2D eigenvalue weighted by molar-refractivity contribution is 0.0297. The van der Waals surface area contributed by atoms with Gasteiger partial charge in [0, 0.05) is 37.6 Å². The molecule has 2 fully saturated rings. The number of imidazole rings is 1. The summed E-state index contributed by atoms with van der Waals surface area (Å²) in [6, 6.07) is 5.16. The normalized spacial score (nSPS) is 25.2. The molecule has 0 saturated carbocycles. The lowest BCUT2D eigenvalue weighted by atomic mass is 10.0. The van der Waals surface area contributed by atoms with Crippen LogP contribution in [0, 0.1) is 6.92 Å². The molecule has 9 heteroatoms. The van der Waals surface area contributed by atoms with Gasteiger partial charge in [-0.25, -0.2) is 13.4 Å². The summed E-state index contributed by atoms with van der Waals surface area (Å²) in [7, 11) is -3.18. The molecule has 2 atom stereocenters. The minimum atomic E-state index is -3.18. The van der Waals surface area contributed by atoms with E-state index in [0.717, 1.165) is 5.69 Å². The molecule has 26 heavy (non-hydrogen) atoms. The Kier molecular flexibility index (Phi) is 4.28. The topological polar surface area (TPSA) is 99.3 Å². The largest absolute Gasteiger partial charge is 0.348 e. The van der Waals surface area contributed by atoms with E-state index in [2.05, 4.69) is 19.9 Å². The van der Waals surface area contributed by atoms with Crippen molar-refractivity contribution in [1.82, 2.24) is 24.8 Å². The number of nitrogens with one attached hydrogen (secondary N) is 1. The maximum atomic E-state index is 12.9. The number of hydrogen-bond acceptors (Lipinski definition) is 6. The second-order valence-electron chi connectivity index (χ2n) is 6.88. The van der Waals surface area contributed by atoms with E-state index in [1.807, 2.05) is 18.2 Å². The van der Waals surface area contributed by atoms with Gasteiger partial charge in [0.15, 0.2) is 9.84 Å². The molecule has 0 radical (unpaired) electrons. The van der Waals surface area contributed by atoms with E-state index in [4.69, 9.17) is 0 Å². The first-order valence-electron chi connectivity index (χ1n) is 8.60. The van der Waals surface area contributed by atoms with Gasteiger partial charge in [0.2, 0.25) is 0 Å². The molecule has 2 aromatic heterocycles. The molecule has 1 N–H and O–H groups in total. The van der Waals surface area contributed by atoms with Gasteiger partial charge in [0.1, 0.15) is 5.69 Å². The minimum Gasteiger partial charge on any atom is -0.348 e. The molecule has 138 valence electrons. The number of aromatic amines is 1. The zero-order chi connectivity index (χ0) is 18.3. The van der Waals surface area contributed by atoms with E-state index in [1.54, 1.807) is 18.0 Å². The zero-order valence-corrected chi connectivity index (χ0v) is 15.3. The molecular formula is C17H21N5O3S. The summed E-state index contributed by atoms with van der Waals surface area (Å²) in [5.74, 6) is -0.118. The second-order valence-corrected chi connectivity index (χ2v) is 9.03. The molecular weight excluding hydrogens is 354 g/mol. The van der Waals surface area contributed by atoms with Gasteiger partial charge in [-0.15, -0.1) is 0 Å². The van der Waals surface area contributed by atoms with Crippen LogP contribution >= 0.6 is 0 Å². The third kappa shape index (κ3) is 3.12. The highest BCUT2D eigenvalue weighted by atomic mass is 32.2. The number of carbonyl (C=O) groups excluding carboxylic acids is 1. The third-order valence-electron chi connectivity index (χ3n) is 5.18. The van der Waals surface area contributed by atoms with Crippen LogP contribution in [-0.2, 0) is 16.4 Å². The van der Waals surface area contributed by atoms with Gasteiger partial charge >= 0.3 is 0 Å². The molecule has 4 rings (SSSR count). The Balaban J connectivity index is 1.60. The predicted octanol–water partition coefficient (Wildman–Crippen LogP) is 0.237. The summed E-state index contributed by atoms with van der Waals surface area (Å²) in [4.78, 5) is 28.1. The number of sulfone groups is 1. The fraction of sp³-hybridized carbons (Fsp3) is 0.471. The van der Waals surface area contributed by atoms with Crippen LogP contribution in [0.15, 0.2) is 30.7 Å². The predicted molar refractivity (Wildman–Crippen MR) is 95.2 cm³/mol. The first kappa shape index (κ1) is 17.2. The molecule has 0 bridgehead atoms. The van der Waals surface area contributed by atoms with Crippen LogP contribution in [0.3, 0.4) is 0 Å². The highest BCUT2D eigenvalue weighted by molar-refractivity contribution is 7.91. The average molecular weight is 375 g/mol. The third-order valence-corrected chi connectivity index (χ3v) is 6.87. The number of hydrogen-bond donors (Lipinski definition) is 1. The fourth-order valence-corrected chi connectivity index (χ4v) is 5.90. The van der Waals surface area contributed by atoms with Crippen molar-refractivity contribution in [2.75, 3.05) is 24.6 Å². The van der Waals surface area contributed by atoms with Crippen molar-refractivity contribution in [2.24, 2.45) is 0 Å². The van der Waals surface area contributed by atoms with Crippen LogP contribution in [0.2, 0.25) is 0 Å². The van der Waals surface area contributed by atoms with Gasteiger partial charge in [-0.3, -0.25) is 14.7 Å². The molecule has 1 amide bonds. The Hall–Kier alpha value is -2.26. The Morgan fingerprint density at radius 2 is 2.04 bits per heavy atom. The van der Waals surface area contributed by atoms with Crippen molar-refractivity contribution in [3.63, 3.8) is 0 Å². The Bertz CT molecular complexity index is 911. The van der Waals surface area contributed by atoms with Crippen molar-refractivity contribution >= 4 is 15.7 Å². The summed E-state index contributed by atoms with van der Waals surface area (Å²) >= 11 is 0. The highest BCUT2D eigenvalue weighted by Gasteiger charge is 2.48. The summed E-state index contributed by atoms with van der Waals surface area (Å²) in [5.41, 5.74) is 1.97. The second kappa shape index (κ2) is 6.48. The number of amides is 1. The molecule has 0 aromatic carbocycles. The molecule has 0 spiro atoms. The molecule has 0 aliphatic carbocycles. The van der Waals surface area contributed by atoms with Crippen LogP contribution < -0.4 is 0 Å². The Morgan fingerprint density at radius 1 is 1.23 bits per heavy atom. The maximum absolute atomic E-state index is 12.9. The van der Waals surface area contributed by atoms with Crippen LogP contribution in [-0.4, -0.2) is 75.8 Å². The molecule has 2 saturated heterocycles. The quantitative estimate of drug-likeness (QED) is 0.825. The Morgan fingerprint density at radius 3 is 2.73 bits per heavy atom. The van der Waals surface area contributed by atoms with E-state index >= 15 is 0 Å². The van der Waals surface area contributed by atoms with E-state index < -0.39 is 9.84 Å². The highest BCUT2D eigenvalue weighted by Crippen LogP contribution is 2.29. The number of nitrogens with zero attached hydrogens (tertiary/aromatic N) is 4. The van der Waals surface area contributed by atoms with Gasteiger partial charge in [0.25, 0.3) is 5.91 Å². The van der Waals surface area contributed by atoms with Gasteiger partial charge in [-0.2, -0.15) is 0 Å². The van der Waals surface area contributed by atoms with Crippen molar-refractivity contribution in [2.45, 2.75) is 25.6 Å². The SMILES string of the molecule is Cc1[nH]cnc1C(=O)N1CCN(Cc2ccccn2)C2CS(=O)(=O)CC21. The lowest BCUT2D eigenvalue weighted by Crippen LogP contribution is -2.60. The monoisotopic (exact) mass is 375 g/mol. The van der Waals surface area contributed by atoms with Crippen molar-refractivity contribution in [1.29, 1.82) is 0 Å². The number of piperazine rings is 1. The maximum Gasteiger partial charge on any atom is 0.274 e. The summed E-state index contributed by atoms with van der Waals surface area (Å²) in [6.07, 6.45) is 3.22. The van der Waals surface area contributed by atoms with E-state index in [9.17, 15) is 13.2 Å².